The zero-order chi connectivity index (χ0) is 12.7. The number of hydrogen-bond acceptors (Lipinski definition) is 3. The quantitative estimate of drug-likeness (QED) is 0.719. The number of carbonyl (C=O) groups excluding carboxylic acids is 1. The predicted octanol–water partition coefficient (Wildman–Crippen LogP) is 1.53. The van der Waals surface area contributed by atoms with Gasteiger partial charge in [0.05, 0.1) is 5.60 Å². The summed E-state index contributed by atoms with van der Waals surface area (Å²) in [6.07, 6.45) is 7.23. The number of amides is 1. The minimum Gasteiger partial charge on any atom is -0.374 e. The Bertz CT molecular complexity index is 236. The molecular weight excluding hydrogens is 216 g/mol. The first kappa shape index (κ1) is 14.5. The normalized spacial score (nSPS) is 19.0. The summed E-state index contributed by atoms with van der Waals surface area (Å²) in [5.74, 6) is 0.166. The van der Waals surface area contributed by atoms with Crippen molar-refractivity contribution in [1.29, 1.82) is 0 Å². The van der Waals surface area contributed by atoms with E-state index < -0.39 is 0 Å². The van der Waals surface area contributed by atoms with E-state index in [4.69, 9.17) is 10.5 Å². The Morgan fingerprint density at radius 2 is 1.94 bits per heavy atom. The van der Waals surface area contributed by atoms with Crippen LogP contribution >= 0.6 is 0 Å². The molecule has 1 saturated carbocycles. The van der Waals surface area contributed by atoms with Crippen molar-refractivity contribution in [3.8, 4) is 0 Å². The molecule has 0 aromatic carbocycles. The summed E-state index contributed by atoms with van der Waals surface area (Å²) < 4.78 is 5.95. The first-order valence-corrected chi connectivity index (χ1v) is 6.64. The molecule has 0 heterocycles. The van der Waals surface area contributed by atoms with Crippen molar-refractivity contribution in [2.24, 2.45) is 5.73 Å². The van der Waals surface area contributed by atoms with Crippen LogP contribution in [0.3, 0.4) is 0 Å². The molecule has 0 unspecified atom stereocenters. The van der Waals surface area contributed by atoms with Crippen LogP contribution in [-0.2, 0) is 9.53 Å². The summed E-state index contributed by atoms with van der Waals surface area (Å²) in [7, 11) is 3.57. The summed E-state index contributed by atoms with van der Waals surface area (Å²) in [5.41, 5.74) is 5.73. The van der Waals surface area contributed by atoms with Gasteiger partial charge in [-0.25, -0.2) is 0 Å². The van der Waals surface area contributed by atoms with Crippen LogP contribution in [0.25, 0.3) is 0 Å². The molecule has 4 nitrogen and oxygen atoms in total. The molecule has 2 N–H and O–H groups in total. The smallest absolute Gasteiger partial charge is 0.222 e. The third kappa shape index (κ3) is 4.64. The lowest BCUT2D eigenvalue weighted by molar-refractivity contribution is -0.129. The zero-order valence-electron chi connectivity index (χ0n) is 11.2. The van der Waals surface area contributed by atoms with Crippen molar-refractivity contribution in [1.82, 2.24) is 4.90 Å². The van der Waals surface area contributed by atoms with E-state index in [1.807, 2.05) is 0 Å². The molecule has 0 radical (unpaired) electrons. The molecule has 1 fully saturated rings. The Morgan fingerprint density at radius 1 is 1.29 bits per heavy atom. The highest BCUT2D eigenvalue weighted by Crippen LogP contribution is 2.30. The minimum absolute atomic E-state index is 0.0978. The predicted molar refractivity (Wildman–Crippen MR) is 68.8 cm³/mol. The minimum atomic E-state index is -0.0978. The SMILES string of the molecule is CN(C)C(=O)CCCOC1(CN)CCCCC1. The highest BCUT2D eigenvalue weighted by molar-refractivity contribution is 5.75. The van der Waals surface area contributed by atoms with Crippen LogP contribution < -0.4 is 5.73 Å². The van der Waals surface area contributed by atoms with Crippen molar-refractivity contribution < 1.29 is 9.53 Å². The Labute approximate surface area is 104 Å². The van der Waals surface area contributed by atoms with E-state index in [0.29, 0.717) is 19.6 Å². The standard InChI is InChI=1S/C13H26N2O2/c1-15(2)12(16)7-6-10-17-13(11-14)8-4-3-5-9-13/h3-11,14H2,1-2H3. The van der Waals surface area contributed by atoms with Crippen LogP contribution in [0.1, 0.15) is 44.9 Å². The van der Waals surface area contributed by atoms with E-state index >= 15 is 0 Å². The summed E-state index contributed by atoms with van der Waals surface area (Å²) in [4.78, 5) is 13.0. The Hall–Kier alpha value is -0.610. The van der Waals surface area contributed by atoms with E-state index in [1.165, 1.54) is 19.3 Å². The summed E-state index contributed by atoms with van der Waals surface area (Å²) in [5, 5.41) is 0. The fourth-order valence-electron chi connectivity index (χ4n) is 2.34. The zero-order valence-corrected chi connectivity index (χ0v) is 11.2. The molecule has 0 aliphatic heterocycles. The van der Waals surface area contributed by atoms with Gasteiger partial charge in [-0.15, -0.1) is 0 Å². The van der Waals surface area contributed by atoms with E-state index in [-0.39, 0.29) is 11.5 Å². The Kier molecular flexibility index (Phi) is 5.92. The number of ether oxygens (including phenoxy) is 1. The molecule has 0 spiro atoms. The molecule has 0 atom stereocenters. The van der Waals surface area contributed by atoms with Crippen LogP contribution in [0.5, 0.6) is 0 Å². The van der Waals surface area contributed by atoms with Crippen LogP contribution in [0.4, 0.5) is 0 Å². The summed E-state index contributed by atoms with van der Waals surface area (Å²) in [6, 6.07) is 0. The number of hydrogen-bond donors (Lipinski definition) is 1. The Balaban J connectivity index is 2.22. The maximum Gasteiger partial charge on any atom is 0.222 e. The molecule has 0 aromatic rings. The van der Waals surface area contributed by atoms with Gasteiger partial charge in [-0.3, -0.25) is 4.79 Å². The first-order chi connectivity index (χ1) is 8.09. The van der Waals surface area contributed by atoms with Gasteiger partial charge in [0.2, 0.25) is 5.91 Å². The van der Waals surface area contributed by atoms with Crippen LogP contribution in [-0.4, -0.2) is 43.7 Å². The third-order valence-electron chi connectivity index (χ3n) is 3.58. The van der Waals surface area contributed by atoms with E-state index in [0.717, 1.165) is 19.3 Å². The third-order valence-corrected chi connectivity index (χ3v) is 3.58. The highest BCUT2D eigenvalue weighted by Gasteiger charge is 2.31. The van der Waals surface area contributed by atoms with E-state index in [2.05, 4.69) is 0 Å². The lowest BCUT2D eigenvalue weighted by Gasteiger charge is -2.36. The monoisotopic (exact) mass is 242 g/mol. The van der Waals surface area contributed by atoms with Gasteiger partial charge in [0.15, 0.2) is 0 Å². The average molecular weight is 242 g/mol. The molecule has 1 amide bonds. The molecule has 1 aliphatic rings. The van der Waals surface area contributed by atoms with E-state index in [9.17, 15) is 4.79 Å². The van der Waals surface area contributed by atoms with Gasteiger partial charge in [-0.05, 0) is 19.3 Å². The largest absolute Gasteiger partial charge is 0.374 e. The van der Waals surface area contributed by atoms with E-state index in [1.54, 1.807) is 19.0 Å². The van der Waals surface area contributed by atoms with Crippen molar-refractivity contribution in [3.05, 3.63) is 0 Å². The fourth-order valence-corrected chi connectivity index (χ4v) is 2.34. The molecule has 0 saturated heterocycles. The molecule has 1 aliphatic carbocycles. The van der Waals surface area contributed by atoms with Gasteiger partial charge < -0.3 is 15.4 Å². The number of rotatable bonds is 6. The maximum absolute atomic E-state index is 11.4. The van der Waals surface area contributed by atoms with Gasteiger partial charge in [-0.1, -0.05) is 19.3 Å². The lowest BCUT2D eigenvalue weighted by atomic mass is 9.84. The van der Waals surface area contributed by atoms with Crippen LogP contribution in [0.2, 0.25) is 0 Å². The summed E-state index contributed by atoms with van der Waals surface area (Å²) in [6.45, 7) is 1.26. The number of nitrogens with zero attached hydrogens (tertiary/aromatic N) is 1. The van der Waals surface area contributed by atoms with Gasteiger partial charge in [0.25, 0.3) is 0 Å². The topological polar surface area (TPSA) is 55.6 Å². The molecule has 17 heavy (non-hydrogen) atoms. The van der Waals surface area contributed by atoms with Gasteiger partial charge in [0.1, 0.15) is 0 Å². The van der Waals surface area contributed by atoms with Gasteiger partial charge in [-0.2, -0.15) is 0 Å². The van der Waals surface area contributed by atoms with Gasteiger partial charge >= 0.3 is 0 Å². The highest BCUT2D eigenvalue weighted by atomic mass is 16.5. The molecule has 1 rings (SSSR count). The Morgan fingerprint density at radius 3 is 2.47 bits per heavy atom. The van der Waals surface area contributed by atoms with Gasteiger partial charge in [0, 0.05) is 33.7 Å². The fraction of sp³-hybridized carbons (Fsp3) is 0.923. The molecule has 4 heteroatoms. The van der Waals surface area contributed by atoms with Crippen LogP contribution in [0.15, 0.2) is 0 Å². The second-order valence-corrected chi connectivity index (χ2v) is 5.19. The van der Waals surface area contributed by atoms with Crippen molar-refractivity contribution in [3.63, 3.8) is 0 Å². The second-order valence-electron chi connectivity index (χ2n) is 5.19. The first-order valence-electron chi connectivity index (χ1n) is 6.64. The molecule has 100 valence electrons. The lowest BCUT2D eigenvalue weighted by Crippen LogP contribution is -2.42. The second kappa shape index (κ2) is 6.97. The van der Waals surface area contributed by atoms with Crippen LogP contribution in [0, 0.1) is 0 Å². The van der Waals surface area contributed by atoms with Crippen molar-refractivity contribution in [2.45, 2.75) is 50.5 Å². The van der Waals surface area contributed by atoms with Crippen molar-refractivity contribution >= 4 is 5.91 Å². The number of nitrogens with two attached hydrogens (primary N) is 1. The molecule has 0 bridgehead atoms. The molecule has 0 aromatic heterocycles. The maximum atomic E-state index is 11.4. The van der Waals surface area contributed by atoms with Crippen molar-refractivity contribution in [2.75, 3.05) is 27.2 Å². The summed E-state index contributed by atoms with van der Waals surface area (Å²) >= 11 is 0. The molecular formula is C13H26N2O2. The number of carbonyl (C=O) groups is 1. The average Bonchev–Trinajstić information content (AvgIpc) is 2.35.